The minimum atomic E-state index is -0.375. The van der Waals surface area contributed by atoms with E-state index in [9.17, 15) is 9.59 Å². The third-order valence-electron chi connectivity index (χ3n) is 3.45. The van der Waals surface area contributed by atoms with Crippen molar-refractivity contribution in [3.05, 3.63) is 28.8 Å². The fraction of sp³-hybridized carbons (Fsp3) is 0.467. The number of cyclic esters (lactones) is 1. The smallest absolute Gasteiger partial charge is 0.403 e. The van der Waals surface area contributed by atoms with Crippen molar-refractivity contribution in [2.45, 2.75) is 33.8 Å². The predicted molar refractivity (Wildman–Crippen MR) is 75.8 cm³/mol. The van der Waals surface area contributed by atoms with Gasteiger partial charge in [0.25, 0.3) is 0 Å². The Labute approximate surface area is 150 Å². The summed E-state index contributed by atoms with van der Waals surface area (Å²) in [6.07, 6.45) is -0.687. The van der Waals surface area contributed by atoms with Crippen LogP contribution in [0.4, 0.5) is 10.5 Å². The van der Waals surface area contributed by atoms with Crippen LogP contribution in [0.3, 0.4) is 0 Å². The monoisotopic (exact) mass is 364 g/mol. The number of hydrogen-bond acceptors (Lipinski definition) is 3. The van der Waals surface area contributed by atoms with Crippen molar-refractivity contribution in [3.8, 4) is 0 Å². The number of aryl methyl sites for hydroxylation is 3. The second-order valence-corrected chi connectivity index (χ2v) is 5.14. The molecule has 0 saturated carbocycles. The van der Waals surface area contributed by atoms with E-state index in [0.717, 1.165) is 22.4 Å². The average Bonchev–Trinajstić information content (AvgIpc) is 2.72. The van der Waals surface area contributed by atoms with Gasteiger partial charge in [-0.2, -0.15) is 17.2 Å². The molecule has 1 N–H and O–H groups in total. The van der Waals surface area contributed by atoms with Crippen molar-refractivity contribution in [3.63, 3.8) is 0 Å². The number of amides is 2. The number of ether oxygens (including phenoxy) is 1. The van der Waals surface area contributed by atoms with Gasteiger partial charge in [-0.05, 0) is 0 Å². The maximum atomic E-state index is 12.0. The Kier molecular flexibility index (Phi) is 6.35. The summed E-state index contributed by atoms with van der Waals surface area (Å²) < 4.78 is 5.26. The molecule has 2 amide bonds. The van der Waals surface area contributed by atoms with Gasteiger partial charge < -0.3 is 15.0 Å². The Morgan fingerprint density at radius 2 is 2.10 bits per heavy atom. The topological polar surface area (TPSA) is 58.6 Å². The van der Waals surface area contributed by atoms with Crippen molar-refractivity contribution in [2.75, 3.05) is 18.0 Å². The van der Waals surface area contributed by atoms with E-state index in [1.807, 2.05) is 26.8 Å². The molecule has 0 bridgehead atoms. The quantitative estimate of drug-likeness (QED) is 0.834. The first-order chi connectivity index (χ1) is 9.38. The summed E-state index contributed by atoms with van der Waals surface area (Å²) in [4.78, 5) is 24.5. The van der Waals surface area contributed by atoms with E-state index in [-0.39, 0.29) is 50.8 Å². The average molecular weight is 364 g/mol. The molecule has 1 saturated heterocycles. The molecule has 0 aliphatic carbocycles. The van der Waals surface area contributed by atoms with Crippen LogP contribution < -0.4 is 10.2 Å². The SMILES string of the molecule is CC(=O)NC[C@H]1CN(c2cc(C)c(C)[c-]c2C)C(=O)O1.[Y]. The van der Waals surface area contributed by atoms with Crippen LogP contribution in [0.5, 0.6) is 0 Å². The van der Waals surface area contributed by atoms with Gasteiger partial charge in [-0.3, -0.25) is 4.79 Å². The molecule has 1 radical (unpaired) electrons. The molecule has 1 aliphatic rings. The van der Waals surface area contributed by atoms with Crippen molar-refractivity contribution >= 4 is 17.7 Å². The normalized spacial score (nSPS) is 17.2. The molecule has 21 heavy (non-hydrogen) atoms. The van der Waals surface area contributed by atoms with Gasteiger partial charge >= 0.3 is 6.09 Å². The molecule has 1 aromatic rings. The minimum Gasteiger partial charge on any atom is -0.443 e. The molecule has 0 aromatic heterocycles. The van der Waals surface area contributed by atoms with Gasteiger partial charge in [-0.25, -0.2) is 4.79 Å². The van der Waals surface area contributed by atoms with E-state index in [0.29, 0.717) is 13.1 Å². The van der Waals surface area contributed by atoms with Gasteiger partial charge in [0.1, 0.15) is 6.10 Å². The van der Waals surface area contributed by atoms with Crippen LogP contribution in [0.2, 0.25) is 0 Å². The molecule has 111 valence electrons. The Hall–Kier alpha value is -0.936. The summed E-state index contributed by atoms with van der Waals surface area (Å²) in [6.45, 7) is 8.13. The fourth-order valence-electron chi connectivity index (χ4n) is 2.23. The number of rotatable bonds is 3. The second kappa shape index (κ2) is 7.36. The summed E-state index contributed by atoms with van der Waals surface area (Å²) in [5.74, 6) is -0.129. The van der Waals surface area contributed by atoms with Crippen LogP contribution in [-0.4, -0.2) is 31.2 Å². The Morgan fingerprint density at radius 1 is 1.43 bits per heavy atom. The molecule has 0 spiro atoms. The molecule has 0 unspecified atom stereocenters. The zero-order valence-electron chi connectivity index (χ0n) is 12.8. The molecule has 1 heterocycles. The van der Waals surface area contributed by atoms with E-state index in [2.05, 4.69) is 11.4 Å². The van der Waals surface area contributed by atoms with Crippen molar-refractivity contribution < 1.29 is 47.0 Å². The maximum absolute atomic E-state index is 12.0. The molecule has 1 fully saturated rings. The second-order valence-electron chi connectivity index (χ2n) is 5.14. The largest absolute Gasteiger partial charge is 0.443 e. The van der Waals surface area contributed by atoms with Gasteiger partial charge in [0, 0.05) is 39.6 Å². The van der Waals surface area contributed by atoms with Crippen LogP contribution in [0.25, 0.3) is 0 Å². The van der Waals surface area contributed by atoms with Crippen molar-refractivity contribution in [1.29, 1.82) is 0 Å². The van der Waals surface area contributed by atoms with E-state index < -0.39 is 0 Å². The van der Waals surface area contributed by atoms with E-state index in [1.165, 1.54) is 6.92 Å². The molecular formula is C15H19N2O3Y-. The number of carbonyl (C=O) groups excluding carboxylic acids is 2. The van der Waals surface area contributed by atoms with Crippen LogP contribution >= 0.6 is 0 Å². The summed E-state index contributed by atoms with van der Waals surface area (Å²) in [6, 6.07) is 5.23. The van der Waals surface area contributed by atoms with Crippen LogP contribution in [-0.2, 0) is 42.2 Å². The zero-order valence-corrected chi connectivity index (χ0v) is 15.7. The van der Waals surface area contributed by atoms with Gasteiger partial charge in [0.05, 0.1) is 13.1 Å². The van der Waals surface area contributed by atoms with Gasteiger partial charge in [-0.1, -0.05) is 26.5 Å². The standard InChI is InChI=1S/C15H19N2O3.Y/c1-9-5-11(3)14(6-10(9)2)17-8-13(20-15(17)19)7-16-12(4)18;/h6,13H,7-8H2,1-4H3,(H,16,18);/q-1;/t13-;/m0./s1. The molecule has 1 atom stereocenters. The summed E-state index contributed by atoms with van der Waals surface area (Å²) in [5, 5.41) is 2.66. The molecule has 1 aromatic carbocycles. The maximum Gasteiger partial charge on any atom is 0.403 e. The van der Waals surface area contributed by atoms with Crippen molar-refractivity contribution in [1.82, 2.24) is 5.32 Å². The van der Waals surface area contributed by atoms with Crippen LogP contribution in [0.1, 0.15) is 23.6 Å². The number of benzene rings is 1. The molecule has 2 rings (SSSR count). The summed E-state index contributed by atoms with van der Waals surface area (Å²) in [5.41, 5.74) is 3.91. The van der Waals surface area contributed by atoms with E-state index >= 15 is 0 Å². The van der Waals surface area contributed by atoms with Gasteiger partial charge in [-0.15, -0.1) is 11.6 Å². The van der Waals surface area contributed by atoms with Crippen molar-refractivity contribution in [2.24, 2.45) is 0 Å². The predicted octanol–water partition coefficient (Wildman–Crippen LogP) is 1.87. The van der Waals surface area contributed by atoms with E-state index in [4.69, 9.17) is 4.74 Å². The number of carbonyl (C=O) groups is 2. The first-order valence-electron chi connectivity index (χ1n) is 6.61. The molecule has 6 heteroatoms. The summed E-state index contributed by atoms with van der Waals surface area (Å²) >= 11 is 0. The Balaban J connectivity index is 0.00000220. The number of hydrogen-bond donors (Lipinski definition) is 1. The third-order valence-corrected chi connectivity index (χ3v) is 3.45. The first kappa shape index (κ1) is 18.1. The third kappa shape index (κ3) is 4.27. The Bertz CT molecular complexity index is 560. The Morgan fingerprint density at radius 3 is 2.71 bits per heavy atom. The van der Waals surface area contributed by atoms with E-state index in [1.54, 1.807) is 4.90 Å². The molecule has 1 aliphatic heterocycles. The first-order valence-corrected chi connectivity index (χ1v) is 6.61. The number of anilines is 1. The number of nitrogens with zero attached hydrogens (tertiary/aromatic N) is 1. The summed E-state index contributed by atoms with van der Waals surface area (Å²) in [7, 11) is 0. The number of nitrogens with one attached hydrogen (secondary N) is 1. The molecular weight excluding hydrogens is 345 g/mol. The van der Waals surface area contributed by atoms with Gasteiger partial charge in [0.2, 0.25) is 5.91 Å². The van der Waals surface area contributed by atoms with Crippen LogP contribution in [0.15, 0.2) is 6.07 Å². The minimum absolute atomic E-state index is 0. The fourth-order valence-corrected chi connectivity index (χ4v) is 2.23. The van der Waals surface area contributed by atoms with Gasteiger partial charge in [0.15, 0.2) is 0 Å². The molecule has 5 nitrogen and oxygen atoms in total. The van der Waals surface area contributed by atoms with Crippen LogP contribution in [0, 0.1) is 26.8 Å². The zero-order chi connectivity index (χ0) is 14.9.